The number of aryl methyl sites for hydroxylation is 2. The van der Waals surface area contributed by atoms with Crippen LogP contribution in [0.2, 0.25) is 5.02 Å². The summed E-state index contributed by atoms with van der Waals surface area (Å²) in [6.07, 6.45) is 0. The molecule has 0 aliphatic heterocycles. The third kappa shape index (κ3) is 5.59. The summed E-state index contributed by atoms with van der Waals surface area (Å²) in [4.78, 5) is 24.4. The number of anilines is 2. The van der Waals surface area contributed by atoms with Crippen molar-refractivity contribution in [3.63, 3.8) is 0 Å². The van der Waals surface area contributed by atoms with Gasteiger partial charge >= 0.3 is 0 Å². The summed E-state index contributed by atoms with van der Waals surface area (Å²) in [6.45, 7) is 3.64. The first-order valence-corrected chi connectivity index (χ1v) is 9.46. The summed E-state index contributed by atoms with van der Waals surface area (Å²) in [5, 5.41) is 6.26. The first-order chi connectivity index (χ1) is 13.9. The van der Waals surface area contributed by atoms with Crippen LogP contribution in [0.15, 0.2) is 66.7 Å². The van der Waals surface area contributed by atoms with E-state index in [-0.39, 0.29) is 18.4 Å². The monoisotopic (exact) mass is 408 g/mol. The smallest absolute Gasteiger partial charge is 0.262 e. The number of hydrogen-bond acceptors (Lipinski definition) is 3. The number of rotatable bonds is 6. The van der Waals surface area contributed by atoms with Gasteiger partial charge in [0, 0.05) is 22.0 Å². The quantitative estimate of drug-likeness (QED) is 0.587. The fraction of sp³-hybridized carbons (Fsp3) is 0.130. The Kier molecular flexibility index (Phi) is 6.52. The second kappa shape index (κ2) is 9.26. The topological polar surface area (TPSA) is 67.4 Å². The van der Waals surface area contributed by atoms with E-state index in [4.69, 9.17) is 16.3 Å². The second-order valence-corrected chi connectivity index (χ2v) is 7.00. The number of nitrogens with one attached hydrogen (secondary N) is 2. The number of carbonyl (C=O) groups is 2. The Hall–Kier alpha value is -3.31. The lowest BCUT2D eigenvalue weighted by Crippen LogP contribution is -2.20. The molecule has 148 valence electrons. The lowest BCUT2D eigenvalue weighted by Gasteiger charge is -2.10. The van der Waals surface area contributed by atoms with Crippen LogP contribution in [0.25, 0.3) is 0 Å². The van der Waals surface area contributed by atoms with Crippen LogP contribution in [0.3, 0.4) is 0 Å². The van der Waals surface area contributed by atoms with Crippen molar-refractivity contribution in [3.8, 4) is 5.75 Å². The van der Waals surface area contributed by atoms with Crippen molar-refractivity contribution in [3.05, 3.63) is 88.4 Å². The molecule has 3 aromatic carbocycles. The van der Waals surface area contributed by atoms with Crippen molar-refractivity contribution in [2.75, 3.05) is 17.2 Å². The van der Waals surface area contributed by atoms with Crippen molar-refractivity contribution in [1.82, 2.24) is 0 Å². The van der Waals surface area contributed by atoms with Crippen LogP contribution in [0.4, 0.5) is 11.4 Å². The lowest BCUT2D eigenvalue weighted by molar-refractivity contribution is -0.118. The zero-order chi connectivity index (χ0) is 20.8. The molecule has 0 spiro atoms. The third-order valence-corrected chi connectivity index (χ3v) is 4.74. The molecule has 3 rings (SSSR count). The van der Waals surface area contributed by atoms with Gasteiger partial charge in [0.1, 0.15) is 5.75 Å². The van der Waals surface area contributed by atoms with E-state index in [1.165, 1.54) is 0 Å². The minimum absolute atomic E-state index is 0.118. The number of carbonyl (C=O) groups excluding carboxylic acids is 2. The molecule has 29 heavy (non-hydrogen) atoms. The molecule has 2 N–H and O–H groups in total. The van der Waals surface area contributed by atoms with E-state index in [1.807, 2.05) is 32.0 Å². The summed E-state index contributed by atoms with van der Waals surface area (Å²) in [6, 6.07) is 19.5. The van der Waals surface area contributed by atoms with Gasteiger partial charge in [-0.3, -0.25) is 9.59 Å². The molecule has 0 fully saturated rings. The van der Waals surface area contributed by atoms with Crippen molar-refractivity contribution >= 4 is 34.8 Å². The number of amides is 2. The maximum absolute atomic E-state index is 12.4. The molecule has 0 radical (unpaired) electrons. The normalized spacial score (nSPS) is 10.3. The van der Waals surface area contributed by atoms with Crippen LogP contribution in [-0.4, -0.2) is 18.4 Å². The molecule has 0 atom stereocenters. The van der Waals surface area contributed by atoms with Gasteiger partial charge in [-0.15, -0.1) is 0 Å². The lowest BCUT2D eigenvalue weighted by atomic mass is 10.1. The standard InChI is InChI=1S/C23H21ClN2O3/c1-15-5-3-4-6-20(15)23(28)26-18-9-7-17(8-10-18)25-22(27)14-29-19-11-12-21(24)16(2)13-19/h3-13H,14H2,1-2H3,(H,25,27)(H,26,28). The summed E-state index contributed by atoms with van der Waals surface area (Å²) >= 11 is 5.98. The molecule has 5 nitrogen and oxygen atoms in total. The Labute approximate surface area is 174 Å². The number of hydrogen-bond donors (Lipinski definition) is 2. The molecule has 0 unspecified atom stereocenters. The van der Waals surface area contributed by atoms with Crippen LogP contribution < -0.4 is 15.4 Å². The van der Waals surface area contributed by atoms with Crippen LogP contribution in [0.5, 0.6) is 5.75 Å². The Morgan fingerprint density at radius 2 is 1.52 bits per heavy atom. The number of benzene rings is 3. The molecule has 0 aliphatic rings. The van der Waals surface area contributed by atoms with Gasteiger partial charge in [0.15, 0.2) is 6.61 Å². The Morgan fingerprint density at radius 1 is 0.862 bits per heavy atom. The Balaban J connectivity index is 1.53. The highest BCUT2D eigenvalue weighted by atomic mass is 35.5. The predicted molar refractivity (Wildman–Crippen MR) is 116 cm³/mol. The number of ether oxygens (including phenoxy) is 1. The SMILES string of the molecule is Cc1cc(OCC(=O)Nc2ccc(NC(=O)c3ccccc3C)cc2)ccc1Cl. The van der Waals surface area contributed by atoms with Crippen molar-refractivity contribution in [1.29, 1.82) is 0 Å². The second-order valence-electron chi connectivity index (χ2n) is 6.59. The molecule has 2 amide bonds. The summed E-state index contributed by atoms with van der Waals surface area (Å²) in [5.74, 6) is 0.122. The van der Waals surface area contributed by atoms with Crippen molar-refractivity contribution < 1.29 is 14.3 Å². The van der Waals surface area contributed by atoms with Crippen LogP contribution in [0.1, 0.15) is 21.5 Å². The van der Waals surface area contributed by atoms with E-state index in [1.54, 1.807) is 48.5 Å². The molecule has 0 saturated heterocycles. The van der Waals surface area contributed by atoms with E-state index in [0.717, 1.165) is 11.1 Å². The summed E-state index contributed by atoms with van der Waals surface area (Å²) < 4.78 is 5.48. The molecular weight excluding hydrogens is 388 g/mol. The third-order valence-electron chi connectivity index (χ3n) is 4.32. The van der Waals surface area contributed by atoms with E-state index in [2.05, 4.69) is 10.6 Å². The summed E-state index contributed by atoms with van der Waals surface area (Å²) in [5.41, 5.74) is 3.67. The van der Waals surface area contributed by atoms with Crippen LogP contribution >= 0.6 is 11.6 Å². The summed E-state index contributed by atoms with van der Waals surface area (Å²) in [7, 11) is 0. The Bertz CT molecular complexity index is 1030. The van der Waals surface area contributed by atoms with E-state index < -0.39 is 0 Å². The fourth-order valence-electron chi connectivity index (χ4n) is 2.72. The van der Waals surface area contributed by atoms with Gasteiger partial charge < -0.3 is 15.4 Å². The van der Waals surface area contributed by atoms with Gasteiger partial charge in [-0.1, -0.05) is 29.8 Å². The highest BCUT2D eigenvalue weighted by Crippen LogP contribution is 2.21. The highest BCUT2D eigenvalue weighted by molar-refractivity contribution is 6.31. The van der Waals surface area contributed by atoms with Crippen molar-refractivity contribution in [2.45, 2.75) is 13.8 Å². The molecular formula is C23H21ClN2O3. The van der Waals surface area contributed by atoms with E-state index >= 15 is 0 Å². The highest BCUT2D eigenvalue weighted by Gasteiger charge is 2.09. The minimum Gasteiger partial charge on any atom is -0.484 e. The zero-order valence-corrected chi connectivity index (χ0v) is 16.9. The van der Waals surface area contributed by atoms with Gasteiger partial charge in [0.2, 0.25) is 0 Å². The maximum atomic E-state index is 12.4. The van der Waals surface area contributed by atoms with Crippen molar-refractivity contribution in [2.24, 2.45) is 0 Å². The average Bonchev–Trinajstić information content (AvgIpc) is 2.70. The molecule has 0 saturated carbocycles. The Morgan fingerprint density at radius 3 is 2.17 bits per heavy atom. The van der Waals surface area contributed by atoms with Gasteiger partial charge in [0.25, 0.3) is 11.8 Å². The van der Waals surface area contributed by atoms with Crippen LogP contribution in [-0.2, 0) is 4.79 Å². The predicted octanol–water partition coefficient (Wildman–Crippen LogP) is 5.23. The molecule has 3 aromatic rings. The van der Waals surface area contributed by atoms with Gasteiger partial charge in [0.05, 0.1) is 0 Å². The molecule has 0 aliphatic carbocycles. The first-order valence-electron chi connectivity index (χ1n) is 9.08. The van der Waals surface area contributed by atoms with Crippen LogP contribution in [0, 0.1) is 13.8 Å². The van der Waals surface area contributed by atoms with Gasteiger partial charge in [-0.2, -0.15) is 0 Å². The van der Waals surface area contributed by atoms with E-state index in [0.29, 0.717) is 27.7 Å². The fourth-order valence-corrected chi connectivity index (χ4v) is 2.83. The average molecular weight is 409 g/mol. The zero-order valence-electron chi connectivity index (χ0n) is 16.2. The molecule has 0 bridgehead atoms. The molecule has 0 aromatic heterocycles. The van der Waals surface area contributed by atoms with Gasteiger partial charge in [-0.25, -0.2) is 0 Å². The maximum Gasteiger partial charge on any atom is 0.262 e. The first kappa shape index (κ1) is 20.4. The minimum atomic E-state index is -0.283. The number of halogens is 1. The molecule has 0 heterocycles. The van der Waals surface area contributed by atoms with Gasteiger partial charge in [-0.05, 0) is 73.5 Å². The molecule has 6 heteroatoms. The largest absolute Gasteiger partial charge is 0.484 e. The van der Waals surface area contributed by atoms with E-state index in [9.17, 15) is 9.59 Å².